The standard InChI is InChI=1S/C13H10N2/c1-9-10-5-2-3-6-11(10)12-7-4-8-14-13(12)15-9/h2-8H,1H3. The molecule has 3 aromatic rings. The largest absolute Gasteiger partial charge is 0.237 e. The van der Waals surface area contributed by atoms with Gasteiger partial charge >= 0.3 is 0 Å². The number of aryl methyl sites for hydroxylation is 1. The zero-order valence-corrected chi connectivity index (χ0v) is 8.44. The summed E-state index contributed by atoms with van der Waals surface area (Å²) in [6, 6.07) is 12.3. The molecule has 2 nitrogen and oxygen atoms in total. The summed E-state index contributed by atoms with van der Waals surface area (Å²) in [5, 5.41) is 3.56. The first-order valence-electron chi connectivity index (χ1n) is 4.96. The molecule has 72 valence electrons. The molecule has 0 atom stereocenters. The van der Waals surface area contributed by atoms with Crippen LogP contribution < -0.4 is 0 Å². The van der Waals surface area contributed by atoms with Gasteiger partial charge in [-0.2, -0.15) is 0 Å². The summed E-state index contributed by atoms with van der Waals surface area (Å²) in [6.45, 7) is 2.02. The number of benzene rings is 1. The van der Waals surface area contributed by atoms with Crippen molar-refractivity contribution in [3.8, 4) is 0 Å². The molecule has 0 saturated carbocycles. The monoisotopic (exact) mass is 194 g/mol. The van der Waals surface area contributed by atoms with E-state index in [1.807, 2.05) is 25.1 Å². The minimum Gasteiger partial charge on any atom is -0.237 e. The average Bonchev–Trinajstić information content (AvgIpc) is 2.30. The van der Waals surface area contributed by atoms with E-state index >= 15 is 0 Å². The lowest BCUT2D eigenvalue weighted by Crippen LogP contribution is -1.89. The zero-order chi connectivity index (χ0) is 10.3. The van der Waals surface area contributed by atoms with Crippen LogP contribution in [0.2, 0.25) is 0 Å². The van der Waals surface area contributed by atoms with Gasteiger partial charge in [0.1, 0.15) is 0 Å². The summed E-state index contributed by atoms with van der Waals surface area (Å²) >= 11 is 0. The van der Waals surface area contributed by atoms with Gasteiger partial charge in [-0.3, -0.25) is 0 Å². The van der Waals surface area contributed by atoms with Crippen LogP contribution in [0.25, 0.3) is 21.8 Å². The molecule has 15 heavy (non-hydrogen) atoms. The van der Waals surface area contributed by atoms with Crippen molar-refractivity contribution in [3.63, 3.8) is 0 Å². The van der Waals surface area contributed by atoms with Gasteiger partial charge in [0.05, 0.1) is 0 Å². The van der Waals surface area contributed by atoms with Gasteiger partial charge in [0.2, 0.25) is 0 Å². The van der Waals surface area contributed by atoms with Crippen LogP contribution in [0.5, 0.6) is 0 Å². The van der Waals surface area contributed by atoms with Gasteiger partial charge in [-0.05, 0) is 24.4 Å². The van der Waals surface area contributed by atoms with Gasteiger partial charge in [-0.15, -0.1) is 0 Å². The molecule has 1 aromatic carbocycles. The normalized spacial score (nSPS) is 11.0. The van der Waals surface area contributed by atoms with Crippen LogP contribution in [0.3, 0.4) is 0 Å². The van der Waals surface area contributed by atoms with E-state index in [1.165, 1.54) is 10.8 Å². The Labute approximate surface area is 87.6 Å². The highest BCUT2D eigenvalue weighted by molar-refractivity contribution is 6.05. The first kappa shape index (κ1) is 8.36. The second-order valence-electron chi connectivity index (χ2n) is 3.62. The van der Waals surface area contributed by atoms with Crippen LogP contribution in [0.15, 0.2) is 42.6 Å². The van der Waals surface area contributed by atoms with Crippen LogP contribution >= 0.6 is 0 Å². The van der Waals surface area contributed by atoms with Crippen molar-refractivity contribution in [2.45, 2.75) is 6.92 Å². The predicted molar refractivity (Wildman–Crippen MR) is 61.8 cm³/mol. The third-order valence-electron chi connectivity index (χ3n) is 2.67. The summed E-state index contributed by atoms with van der Waals surface area (Å²) < 4.78 is 0. The minimum atomic E-state index is 0.828. The summed E-state index contributed by atoms with van der Waals surface area (Å²) in [5.74, 6) is 0. The Morgan fingerprint density at radius 1 is 0.867 bits per heavy atom. The third-order valence-corrected chi connectivity index (χ3v) is 2.67. The van der Waals surface area contributed by atoms with Crippen molar-refractivity contribution in [3.05, 3.63) is 48.3 Å². The second kappa shape index (κ2) is 3.02. The zero-order valence-electron chi connectivity index (χ0n) is 8.44. The molecule has 0 unspecified atom stereocenters. The van der Waals surface area contributed by atoms with Crippen LogP contribution in [0, 0.1) is 6.92 Å². The topological polar surface area (TPSA) is 25.8 Å². The lowest BCUT2D eigenvalue weighted by atomic mass is 10.1. The number of nitrogens with zero attached hydrogens (tertiary/aromatic N) is 2. The molecule has 0 aliphatic heterocycles. The van der Waals surface area contributed by atoms with Crippen molar-refractivity contribution in [1.29, 1.82) is 0 Å². The molecule has 0 amide bonds. The molecule has 2 aromatic heterocycles. The number of hydrogen-bond donors (Lipinski definition) is 0. The van der Waals surface area contributed by atoms with Gasteiger partial charge in [-0.1, -0.05) is 24.3 Å². The molecule has 3 rings (SSSR count). The van der Waals surface area contributed by atoms with E-state index in [-0.39, 0.29) is 0 Å². The van der Waals surface area contributed by atoms with Crippen LogP contribution in [-0.2, 0) is 0 Å². The van der Waals surface area contributed by atoms with Gasteiger partial charge in [0.25, 0.3) is 0 Å². The molecule has 0 bridgehead atoms. The summed E-state index contributed by atoms with van der Waals surface area (Å²) in [4.78, 5) is 8.77. The third kappa shape index (κ3) is 1.18. The number of rotatable bonds is 0. The fraction of sp³-hybridized carbons (Fsp3) is 0.0769. The number of hydrogen-bond acceptors (Lipinski definition) is 2. The fourth-order valence-electron chi connectivity index (χ4n) is 1.95. The first-order valence-corrected chi connectivity index (χ1v) is 4.96. The molecule has 0 radical (unpaired) electrons. The molecular weight excluding hydrogens is 184 g/mol. The molecule has 0 aliphatic carbocycles. The predicted octanol–water partition coefficient (Wildman–Crippen LogP) is 3.09. The maximum atomic E-state index is 4.49. The van der Waals surface area contributed by atoms with Crippen LogP contribution in [0.4, 0.5) is 0 Å². The van der Waals surface area contributed by atoms with E-state index in [2.05, 4.69) is 28.2 Å². The highest BCUT2D eigenvalue weighted by Gasteiger charge is 2.04. The molecule has 0 N–H and O–H groups in total. The quantitative estimate of drug-likeness (QED) is 0.514. The van der Waals surface area contributed by atoms with E-state index in [9.17, 15) is 0 Å². The van der Waals surface area contributed by atoms with Crippen molar-refractivity contribution in [2.75, 3.05) is 0 Å². The smallest absolute Gasteiger partial charge is 0.159 e. The van der Waals surface area contributed by atoms with E-state index in [4.69, 9.17) is 0 Å². The molecule has 0 fully saturated rings. The number of aromatic nitrogens is 2. The average molecular weight is 194 g/mol. The Hall–Kier alpha value is -1.96. The Balaban J connectivity index is 2.64. The van der Waals surface area contributed by atoms with Gasteiger partial charge in [0, 0.05) is 22.7 Å². The van der Waals surface area contributed by atoms with Gasteiger partial charge in [-0.25, -0.2) is 9.97 Å². The van der Waals surface area contributed by atoms with Crippen molar-refractivity contribution in [2.24, 2.45) is 0 Å². The highest BCUT2D eigenvalue weighted by Crippen LogP contribution is 2.24. The molecule has 0 aliphatic rings. The molecule has 2 heteroatoms. The van der Waals surface area contributed by atoms with Gasteiger partial charge < -0.3 is 0 Å². The van der Waals surface area contributed by atoms with Crippen LogP contribution in [0.1, 0.15) is 5.69 Å². The minimum absolute atomic E-state index is 0.828. The van der Waals surface area contributed by atoms with E-state index in [0.717, 1.165) is 16.7 Å². The Morgan fingerprint density at radius 3 is 2.47 bits per heavy atom. The summed E-state index contributed by atoms with van der Waals surface area (Å²) in [7, 11) is 0. The number of pyridine rings is 2. The molecular formula is C13H10N2. The van der Waals surface area contributed by atoms with Crippen molar-refractivity contribution >= 4 is 21.8 Å². The molecule has 0 spiro atoms. The maximum Gasteiger partial charge on any atom is 0.159 e. The first-order chi connectivity index (χ1) is 7.36. The molecule has 2 heterocycles. The SMILES string of the molecule is Cc1nc2ncccc2c2ccccc12. The van der Waals surface area contributed by atoms with Crippen molar-refractivity contribution in [1.82, 2.24) is 9.97 Å². The lowest BCUT2D eigenvalue weighted by molar-refractivity contribution is 1.23. The Morgan fingerprint density at radius 2 is 1.60 bits per heavy atom. The molecule has 0 saturated heterocycles. The van der Waals surface area contributed by atoms with E-state index in [1.54, 1.807) is 6.20 Å². The van der Waals surface area contributed by atoms with E-state index < -0.39 is 0 Å². The highest BCUT2D eigenvalue weighted by atomic mass is 14.8. The van der Waals surface area contributed by atoms with Crippen molar-refractivity contribution < 1.29 is 0 Å². The van der Waals surface area contributed by atoms with Crippen LogP contribution in [-0.4, -0.2) is 9.97 Å². The Kier molecular flexibility index (Phi) is 1.68. The van der Waals surface area contributed by atoms with Gasteiger partial charge in [0.15, 0.2) is 5.65 Å². The van der Waals surface area contributed by atoms with E-state index in [0.29, 0.717) is 0 Å². The lowest BCUT2D eigenvalue weighted by Gasteiger charge is -2.04. The fourth-order valence-corrected chi connectivity index (χ4v) is 1.95. The Bertz CT molecular complexity index is 644. The number of fused-ring (bicyclic) bond motifs is 3. The summed E-state index contributed by atoms with van der Waals surface area (Å²) in [5.41, 5.74) is 1.87. The second-order valence-corrected chi connectivity index (χ2v) is 3.62. The maximum absolute atomic E-state index is 4.49. The summed E-state index contributed by atoms with van der Waals surface area (Å²) in [6.07, 6.45) is 1.78.